The lowest BCUT2D eigenvalue weighted by atomic mass is 10.1. The van der Waals surface area contributed by atoms with Gasteiger partial charge in [0.05, 0.1) is 19.0 Å². The van der Waals surface area contributed by atoms with Crippen molar-refractivity contribution in [3.63, 3.8) is 0 Å². The first-order valence-electron chi connectivity index (χ1n) is 8.96. The molecule has 3 rings (SSSR count). The fourth-order valence-corrected chi connectivity index (χ4v) is 2.99. The number of likely N-dealkylation sites (N-methyl/N-ethyl adjacent to an activating group) is 1. The first-order chi connectivity index (χ1) is 12.6. The minimum Gasteiger partial charge on any atom is -0.497 e. The number of hydrogen-bond acceptors (Lipinski definition) is 5. The predicted octanol–water partition coefficient (Wildman–Crippen LogP) is 2.41. The minimum absolute atomic E-state index is 0.0121. The Morgan fingerprint density at radius 3 is 2.69 bits per heavy atom. The molecule has 1 saturated heterocycles. The minimum atomic E-state index is -0.0121. The van der Waals surface area contributed by atoms with Crippen LogP contribution >= 0.6 is 0 Å². The number of nitrogens with zero attached hydrogens (tertiary/aromatic N) is 3. The number of rotatable bonds is 6. The number of amides is 1. The molecule has 0 radical (unpaired) electrons. The van der Waals surface area contributed by atoms with Crippen LogP contribution in [0.2, 0.25) is 0 Å². The molecule has 2 heterocycles. The molecule has 138 valence electrons. The molecular formula is C20H26N4O2. The van der Waals surface area contributed by atoms with E-state index in [9.17, 15) is 4.79 Å². The van der Waals surface area contributed by atoms with Gasteiger partial charge < -0.3 is 19.9 Å². The van der Waals surface area contributed by atoms with E-state index in [0.717, 1.165) is 49.0 Å². The van der Waals surface area contributed by atoms with Crippen molar-refractivity contribution >= 4 is 17.4 Å². The van der Waals surface area contributed by atoms with E-state index in [1.54, 1.807) is 13.3 Å². The van der Waals surface area contributed by atoms with Crippen molar-refractivity contribution in [3.05, 3.63) is 48.2 Å². The van der Waals surface area contributed by atoms with Gasteiger partial charge in [0.2, 0.25) is 5.91 Å². The van der Waals surface area contributed by atoms with Gasteiger partial charge in [0.25, 0.3) is 0 Å². The van der Waals surface area contributed by atoms with Gasteiger partial charge >= 0.3 is 0 Å². The highest BCUT2D eigenvalue weighted by molar-refractivity contribution is 5.90. The van der Waals surface area contributed by atoms with Crippen LogP contribution in [0.25, 0.3) is 0 Å². The Kier molecular flexibility index (Phi) is 6.07. The van der Waals surface area contributed by atoms with E-state index >= 15 is 0 Å². The highest BCUT2D eigenvalue weighted by Gasteiger charge is 2.15. The van der Waals surface area contributed by atoms with E-state index in [1.807, 2.05) is 36.4 Å². The summed E-state index contributed by atoms with van der Waals surface area (Å²) < 4.78 is 5.21. The van der Waals surface area contributed by atoms with Gasteiger partial charge in [0, 0.05) is 32.6 Å². The number of pyridine rings is 1. The smallest absolute Gasteiger partial charge is 0.224 e. The number of aromatic nitrogens is 1. The number of methoxy groups -OCH3 is 1. The molecule has 0 spiro atoms. The van der Waals surface area contributed by atoms with Crippen LogP contribution in [-0.2, 0) is 11.2 Å². The molecular weight excluding hydrogens is 328 g/mol. The third-order valence-electron chi connectivity index (χ3n) is 4.63. The van der Waals surface area contributed by atoms with Crippen molar-refractivity contribution < 1.29 is 9.53 Å². The molecule has 6 nitrogen and oxygen atoms in total. The Balaban J connectivity index is 1.49. The molecule has 2 aromatic rings. The summed E-state index contributed by atoms with van der Waals surface area (Å²) in [5, 5.41) is 2.92. The summed E-state index contributed by atoms with van der Waals surface area (Å²) in [5.41, 5.74) is 1.82. The summed E-state index contributed by atoms with van der Waals surface area (Å²) in [6.07, 6.45) is 2.83. The van der Waals surface area contributed by atoms with Crippen molar-refractivity contribution in [2.75, 3.05) is 50.6 Å². The zero-order valence-corrected chi connectivity index (χ0v) is 15.4. The number of carbonyl (C=O) groups is 1. The van der Waals surface area contributed by atoms with E-state index in [2.05, 4.69) is 27.1 Å². The zero-order chi connectivity index (χ0) is 18.4. The molecule has 1 fully saturated rings. The summed E-state index contributed by atoms with van der Waals surface area (Å²) >= 11 is 0. The molecule has 0 unspecified atom stereocenters. The molecule has 0 saturated carbocycles. The first kappa shape index (κ1) is 18.2. The van der Waals surface area contributed by atoms with Crippen LogP contribution in [0.1, 0.15) is 12.0 Å². The monoisotopic (exact) mass is 354 g/mol. The van der Waals surface area contributed by atoms with Gasteiger partial charge in [-0.2, -0.15) is 0 Å². The highest BCUT2D eigenvalue weighted by Crippen LogP contribution is 2.17. The van der Waals surface area contributed by atoms with Crippen LogP contribution in [0.5, 0.6) is 5.75 Å². The molecule has 1 aromatic heterocycles. The summed E-state index contributed by atoms with van der Waals surface area (Å²) in [7, 11) is 3.78. The van der Waals surface area contributed by atoms with Gasteiger partial charge in [-0.3, -0.25) is 4.79 Å². The molecule has 0 aliphatic carbocycles. The molecule has 0 atom stereocenters. The average Bonchev–Trinajstić information content (AvgIpc) is 2.68. The summed E-state index contributed by atoms with van der Waals surface area (Å²) in [5.74, 6) is 1.76. The standard InChI is InChI=1S/C20H26N4O2/c1-23-10-12-24(13-11-23)19-8-7-17(15-21-19)22-20(25)9-6-16-4-3-5-18(14-16)26-2/h3-5,7-8,14-15H,6,9-13H2,1-2H3,(H,22,25). The molecule has 1 aliphatic heterocycles. The number of carbonyl (C=O) groups excluding carboxylic acids is 1. The number of nitrogens with one attached hydrogen (secondary N) is 1. The Hall–Kier alpha value is -2.60. The topological polar surface area (TPSA) is 57.7 Å². The number of anilines is 2. The van der Waals surface area contributed by atoms with Crippen molar-refractivity contribution in [2.45, 2.75) is 12.8 Å². The average molecular weight is 354 g/mol. The van der Waals surface area contributed by atoms with Gasteiger partial charge in [-0.25, -0.2) is 4.98 Å². The Bertz CT molecular complexity index is 725. The van der Waals surface area contributed by atoms with Crippen LogP contribution in [0.15, 0.2) is 42.6 Å². The zero-order valence-electron chi connectivity index (χ0n) is 15.4. The number of aryl methyl sites for hydroxylation is 1. The van der Waals surface area contributed by atoms with Crippen molar-refractivity contribution in [3.8, 4) is 5.75 Å². The van der Waals surface area contributed by atoms with Crippen LogP contribution in [0.3, 0.4) is 0 Å². The Morgan fingerprint density at radius 2 is 2.00 bits per heavy atom. The quantitative estimate of drug-likeness (QED) is 0.863. The van der Waals surface area contributed by atoms with E-state index < -0.39 is 0 Å². The second-order valence-corrected chi connectivity index (χ2v) is 6.60. The maximum Gasteiger partial charge on any atom is 0.224 e. The lowest BCUT2D eigenvalue weighted by Gasteiger charge is -2.33. The lowest BCUT2D eigenvalue weighted by molar-refractivity contribution is -0.116. The van der Waals surface area contributed by atoms with E-state index in [1.165, 1.54) is 0 Å². The van der Waals surface area contributed by atoms with Gasteiger partial charge in [-0.1, -0.05) is 12.1 Å². The molecule has 26 heavy (non-hydrogen) atoms. The second kappa shape index (κ2) is 8.67. The van der Waals surface area contributed by atoms with E-state index in [4.69, 9.17) is 4.74 Å². The van der Waals surface area contributed by atoms with Crippen LogP contribution in [0, 0.1) is 0 Å². The van der Waals surface area contributed by atoms with Crippen molar-refractivity contribution in [1.82, 2.24) is 9.88 Å². The number of ether oxygens (including phenoxy) is 1. The maximum atomic E-state index is 12.2. The van der Waals surface area contributed by atoms with Crippen molar-refractivity contribution in [2.24, 2.45) is 0 Å². The summed E-state index contributed by atoms with van der Waals surface area (Å²) in [4.78, 5) is 21.3. The molecule has 1 aromatic carbocycles. The Labute approximate surface area is 154 Å². The summed E-state index contributed by atoms with van der Waals surface area (Å²) in [6, 6.07) is 11.7. The van der Waals surface area contributed by atoms with Gasteiger partial charge in [0.15, 0.2) is 0 Å². The third kappa shape index (κ3) is 4.95. The molecule has 1 amide bonds. The van der Waals surface area contributed by atoms with E-state index in [-0.39, 0.29) is 5.91 Å². The van der Waals surface area contributed by atoms with Crippen LogP contribution in [0.4, 0.5) is 11.5 Å². The highest BCUT2D eigenvalue weighted by atomic mass is 16.5. The molecule has 1 aliphatic rings. The summed E-state index contributed by atoms with van der Waals surface area (Å²) in [6.45, 7) is 4.06. The number of piperazine rings is 1. The van der Waals surface area contributed by atoms with Gasteiger partial charge in [0.1, 0.15) is 11.6 Å². The molecule has 1 N–H and O–H groups in total. The van der Waals surface area contributed by atoms with Crippen LogP contribution in [-0.4, -0.2) is 56.1 Å². The maximum absolute atomic E-state index is 12.2. The third-order valence-corrected chi connectivity index (χ3v) is 4.63. The number of benzene rings is 1. The Morgan fingerprint density at radius 1 is 1.19 bits per heavy atom. The predicted molar refractivity (Wildman–Crippen MR) is 104 cm³/mol. The first-order valence-corrected chi connectivity index (χ1v) is 8.96. The molecule has 6 heteroatoms. The normalized spacial score (nSPS) is 14.9. The largest absolute Gasteiger partial charge is 0.497 e. The van der Waals surface area contributed by atoms with Crippen LogP contribution < -0.4 is 15.0 Å². The molecule has 0 bridgehead atoms. The van der Waals surface area contributed by atoms with Gasteiger partial charge in [-0.15, -0.1) is 0 Å². The second-order valence-electron chi connectivity index (χ2n) is 6.60. The fourth-order valence-electron chi connectivity index (χ4n) is 2.99. The fraction of sp³-hybridized carbons (Fsp3) is 0.400. The SMILES string of the molecule is COc1cccc(CCC(=O)Nc2ccc(N3CCN(C)CC3)nc2)c1. The van der Waals surface area contributed by atoms with Crippen molar-refractivity contribution in [1.29, 1.82) is 0 Å². The van der Waals surface area contributed by atoms with E-state index in [0.29, 0.717) is 12.8 Å². The van der Waals surface area contributed by atoms with Gasteiger partial charge in [-0.05, 0) is 43.3 Å². The number of hydrogen-bond donors (Lipinski definition) is 1. The lowest BCUT2D eigenvalue weighted by Crippen LogP contribution is -2.44.